The van der Waals surface area contributed by atoms with Crippen LogP contribution in [0.15, 0.2) is 47.4 Å². The number of H-pyrrole nitrogens is 1. The molecule has 2 aliphatic rings. The van der Waals surface area contributed by atoms with Crippen LogP contribution < -0.4 is 21.5 Å². The van der Waals surface area contributed by atoms with Crippen molar-refractivity contribution in [2.75, 3.05) is 31.5 Å². The van der Waals surface area contributed by atoms with E-state index in [1.807, 2.05) is 6.07 Å². The highest BCUT2D eigenvalue weighted by molar-refractivity contribution is 5.92. The van der Waals surface area contributed by atoms with Gasteiger partial charge in [0.05, 0.1) is 5.39 Å². The summed E-state index contributed by atoms with van der Waals surface area (Å²) in [7, 11) is 0. The molecule has 30 heavy (non-hydrogen) atoms. The quantitative estimate of drug-likeness (QED) is 0.535. The van der Waals surface area contributed by atoms with E-state index in [2.05, 4.69) is 51.3 Å². The van der Waals surface area contributed by atoms with Crippen molar-refractivity contribution < 1.29 is 0 Å². The van der Waals surface area contributed by atoms with Crippen molar-refractivity contribution >= 4 is 22.3 Å². The topological polar surface area (TPSA) is 81.8 Å². The zero-order chi connectivity index (χ0) is 20.3. The number of aromatic amines is 1. The predicted molar refractivity (Wildman–Crippen MR) is 122 cm³/mol. The van der Waals surface area contributed by atoms with E-state index in [9.17, 15) is 4.79 Å². The Morgan fingerprint density at radius 3 is 2.23 bits per heavy atom. The van der Waals surface area contributed by atoms with E-state index in [1.165, 1.54) is 18.4 Å². The fourth-order valence-electron chi connectivity index (χ4n) is 4.78. The third-order valence-electron chi connectivity index (χ3n) is 6.52. The Kier molecular flexibility index (Phi) is 5.51. The SMILES string of the molecule is O=c1[nH]ccc2cc(C3CCNCC3)nc(Nc3ccc(C4CCNCC4)cc3)c12. The minimum atomic E-state index is -0.106. The molecule has 156 valence electrons. The summed E-state index contributed by atoms with van der Waals surface area (Å²) in [6, 6.07) is 12.7. The van der Waals surface area contributed by atoms with Gasteiger partial charge in [0.2, 0.25) is 0 Å². The molecular formula is C24H29N5O. The predicted octanol–water partition coefficient (Wildman–Crippen LogP) is 3.60. The highest BCUT2D eigenvalue weighted by Crippen LogP contribution is 2.31. The van der Waals surface area contributed by atoms with Gasteiger partial charge < -0.3 is 20.9 Å². The van der Waals surface area contributed by atoms with Gasteiger partial charge in [-0.3, -0.25) is 4.79 Å². The average Bonchev–Trinajstić information content (AvgIpc) is 2.81. The molecule has 0 saturated carbocycles. The first kappa shape index (κ1) is 19.3. The Morgan fingerprint density at radius 2 is 1.53 bits per heavy atom. The van der Waals surface area contributed by atoms with E-state index in [0.717, 1.165) is 55.8 Å². The molecule has 2 fully saturated rings. The molecule has 0 radical (unpaired) electrons. The van der Waals surface area contributed by atoms with Gasteiger partial charge in [-0.15, -0.1) is 0 Å². The lowest BCUT2D eigenvalue weighted by Gasteiger charge is -2.24. The van der Waals surface area contributed by atoms with Gasteiger partial charge in [-0.05, 0) is 93.0 Å². The van der Waals surface area contributed by atoms with Crippen LogP contribution in [0.3, 0.4) is 0 Å². The largest absolute Gasteiger partial charge is 0.340 e. The molecule has 2 aromatic heterocycles. The van der Waals surface area contributed by atoms with Crippen LogP contribution in [-0.4, -0.2) is 36.1 Å². The second kappa shape index (κ2) is 8.58. The molecular weight excluding hydrogens is 374 g/mol. The van der Waals surface area contributed by atoms with Gasteiger partial charge in [0.1, 0.15) is 5.82 Å². The maximum Gasteiger partial charge on any atom is 0.259 e. The summed E-state index contributed by atoms with van der Waals surface area (Å²) >= 11 is 0. The van der Waals surface area contributed by atoms with Gasteiger partial charge in [0.25, 0.3) is 5.56 Å². The Labute approximate surface area is 176 Å². The first-order chi connectivity index (χ1) is 14.8. The van der Waals surface area contributed by atoms with Crippen LogP contribution in [0.1, 0.15) is 48.8 Å². The van der Waals surface area contributed by atoms with E-state index >= 15 is 0 Å². The van der Waals surface area contributed by atoms with E-state index < -0.39 is 0 Å². The molecule has 0 amide bonds. The number of hydrogen-bond donors (Lipinski definition) is 4. The van der Waals surface area contributed by atoms with Crippen molar-refractivity contribution in [3.63, 3.8) is 0 Å². The van der Waals surface area contributed by atoms with E-state index in [-0.39, 0.29) is 5.56 Å². The van der Waals surface area contributed by atoms with Gasteiger partial charge in [-0.2, -0.15) is 0 Å². The first-order valence-electron chi connectivity index (χ1n) is 11.1. The number of benzene rings is 1. The van der Waals surface area contributed by atoms with Crippen LogP contribution in [0.4, 0.5) is 11.5 Å². The first-order valence-corrected chi connectivity index (χ1v) is 11.1. The molecule has 0 atom stereocenters. The van der Waals surface area contributed by atoms with Gasteiger partial charge in [0.15, 0.2) is 0 Å². The highest BCUT2D eigenvalue weighted by atomic mass is 16.1. The van der Waals surface area contributed by atoms with Gasteiger partial charge in [0, 0.05) is 23.5 Å². The maximum absolute atomic E-state index is 12.6. The lowest BCUT2D eigenvalue weighted by atomic mass is 9.90. The zero-order valence-electron chi connectivity index (χ0n) is 17.2. The molecule has 0 aliphatic carbocycles. The highest BCUT2D eigenvalue weighted by Gasteiger charge is 2.20. The van der Waals surface area contributed by atoms with Crippen molar-refractivity contribution in [2.24, 2.45) is 0 Å². The Hall–Kier alpha value is -2.70. The van der Waals surface area contributed by atoms with Gasteiger partial charge in [-0.1, -0.05) is 12.1 Å². The molecule has 6 heteroatoms. The van der Waals surface area contributed by atoms with Crippen molar-refractivity contribution in [3.8, 4) is 0 Å². The summed E-state index contributed by atoms with van der Waals surface area (Å²) in [5.41, 5.74) is 3.32. The van der Waals surface area contributed by atoms with Crippen LogP contribution in [-0.2, 0) is 0 Å². The molecule has 4 N–H and O–H groups in total. The number of hydrogen-bond acceptors (Lipinski definition) is 5. The fourth-order valence-corrected chi connectivity index (χ4v) is 4.78. The smallest absolute Gasteiger partial charge is 0.259 e. The number of pyridine rings is 2. The number of rotatable bonds is 4. The lowest BCUT2D eigenvalue weighted by molar-refractivity contribution is 0.454. The minimum absolute atomic E-state index is 0.106. The summed E-state index contributed by atoms with van der Waals surface area (Å²) in [6.45, 7) is 4.21. The van der Waals surface area contributed by atoms with Crippen LogP contribution in [0.5, 0.6) is 0 Å². The normalized spacial score (nSPS) is 18.5. The van der Waals surface area contributed by atoms with Gasteiger partial charge in [-0.25, -0.2) is 4.98 Å². The van der Waals surface area contributed by atoms with E-state index in [1.54, 1.807) is 6.20 Å². The number of nitrogens with zero attached hydrogens (tertiary/aromatic N) is 1. The Balaban J connectivity index is 1.47. The zero-order valence-corrected chi connectivity index (χ0v) is 17.2. The van der Waals surface area contributed by atoms with Crippen molar-refractivity contribution in [1.82, 2.24) is 20.6 Å². The molecule has 2 aliphatic heterocycles. The standard InChI is InChI=1S/C24H29N5O/c30-24-22-19(9-14-27-24)15-21(18-7-12-26-13-8-18)29-23(22)28-20-3-1-16(2-4-20)17-5-10-25-11-6-17/h1-4,9,14-15,17-18,25-26H,5-8,10-13H2,(H,27,30)(H,28,29). The van der Waals surface area contributed by atoms with Crippen LogP contribution in [0.25, 0.3) is 10.8 Å². The summed E-state index contributed by atoms with van der Waals surface area (Å²) in [5, 5.41) is 11.8. The summed E-state index contributed by atoms with van der Waals surface area (Å²) in [6.07, 6.45) is 6.24. The molecule has 1 aromatic carbocycles. The second-order valence-corrected chi connectivity index (χ2v) is 8.46. The maximum atomic E-state index is 12.6. The number of aromatic nitrogens is 2. The minimum Gasteiger partial charge on any atom is -0.340 e. The van der Waals surface area contributed by atoms with Crippen LogP contribution in [0, 0.1) is 0 Å². The van der Waals surface area contributed by atoms with Gasteiger partial charge >= 0.3 is 0 Å². The average molecular weight is 404 g/mol. The van der Waals surface area contributed by atoms with Crippen molar-refractivity contribution in [1.29, 1.82) is 0 Å². The van der Waals surface area contributed by atoms with Crippen LogP contribution >= 0.6 is 0 Å². The van der Waals surface area contributed by atoms with Crippen LogP contribution in [0.2, 0.25) is 0 Å². The van der Waals surface area contributed by atoms with E-state index in [4.69, 9.17) is 4.98 Å². The lowest BCUT2D eigenvalue weighted by Crippen LogP contribution is -2.27. The molecule has 3 aromatic rings. The summed E-state index contributed by atoms with van der Waals surface area (Å²) in [4.78, 5) is 20.3. The second-order valence-electron chi connectivity index (χ2n) is 8.46. The number of fused-ring (bicyclic) bond motifs is 1. The summed E-state index contributed by atoms with van der Waals surface area (Å²) < 4.78 is 0. The molecule has 2 saturated heterocycles. The Morgan fingerprint density at radius 1 is 0.867 bits per heavy atom. The number of nitrogens with one attached hydrogen (secondary N) is 4. The molecule has 6 nitrogen and oxygen atoms in total. The Bertz CT molecular complexity index is 1060. The molecule has 0 bridgehead atoms. The molecule has 5 rings (SSSR count). The monoisotopic (exact) mass is 403 g/mol. The third-order valence-corrected chi connectivity index (χ3v) is 6.52. The number of anilines is 2. The molecule has 4 heterocycles. The fraction of sp³-hybridized carbons (Fsp3) is 0.417. The van der Waals surface area contributed by atoms with Crippen molar-refractivity contribution in [2.45, 2.75) is 37.5 Å². The molecule has 0 spiro atoms. The number of piperidine rings is 2. The summed E-state index contributed by atoms with van der Waals surface area (Å²) in [5.74, 6) is 1.71. The molecule has 0 unspecified atom stereocenters. The third kappa shape index (κ3) is 3.98. The van der Waals surface area contributed by atoms with Crippen molar-refractivity contribution in [3.05, 3.63) is 64.2 Å². The van der Waals surface area contributed by atoms with E-state index in [0.29, 0.717) is 23.0 Å².